The van der Waals surface area contributed by atoms with Crippen LogP contribution in [-0.4, -0.2) is 61.9 Å². The van der Waals surface area contributed by atoms with Gasteiger partial charge in [0.05, 0.1) is 42.4 Å². The number of aromatic nitrogens is 4. The fraction of sp³-hybridized carbons (Fsp3) is 0. The minimum atomic E-state index is -4.56. The molecule has 0 amide bonds. The van der Waals surface area contributed by atoms with Gasteiger partial charge in [-0.3, -0.25) is 18.2 Å². The molecule has 0 saturated heterocycles. The maximum Gasteiger partial charge on any atom is 1.00 e. The van der Waals surface area contributed by atoms with Gasteiger partial charge in [0, 0.05) is 0 Å². The van der Waals surface area contributed by atoms with Crippen molar-refractivity contribution in [1.29, 1.82) is 0 Å². The Balaban J connectivity index is 0.00000576. The molecule has 3 aromatic heterocycles. The Labute approximate surface area is 386 Å². The Morgan fingerprint density at radius 3 is 0.662 bits per heavy atom. The SMILES string of the molecule is O=S(=O)(O)c1ccc(-c2c3nc(c(-c4ccc(S(=O)(=O)O)cc4)c4ccc([n-]4)c(-c4ccc(S(=O)(=O)O)cc4)c4nc(c(-c5ccc(S(=O)(=O)O)cc5)c5ccc2[n-]5)C=C4)C=C3)cc1.[Ag+]. The molecule has 0 spiro atoms. The van der Waals surface area contributed by atoms with Crippen LogP contribution in [0.4, 0.5) is 0 Å². The van der Waals surface area contributed by atoms with Gasteiger partial charge in [0.1, 0.15) is 0 Å². The average molecular weight is 1040 g/mol. The van der Waals surface area contributed by atoms with Crippen molar-refractivity contribution in [1.82, 2.24) is 19.9 Å². The van der Waals surface area contributed by atoms with Crippen molar-refractivity contribution in [2.45, 2.75) is 19.6 Å². The van der Waals surface area contributed by atoms with Crippen LogP contribution in [0, 0.1) is 0 Å². The van der Waals surface area contributed by atoms with Crippen LogP contribution in [0.1, 0.15) is 22.8 Å². The summed E-state index contributed by atoms with van der Waals surface area (Å²) in [7, 11) is -18.2. The quantitative estimate of drug-likeness (QED) is 0.0844. The Bertz CT molecular complexity index is 3300. The smallest absolute Gasteiger partial charge is 0.657 e. The van der Waals surface area contributed by atoms with Gasteiger partial charge in [0.2, 0.25) is 0 Å². The molecule has 2 aliphatic rings. The molecule has 8 bridgehead atoms. The summed E-state index contributed by atoms with van der Waals surface area (Å²) in [4.78, 5) is 18.7. The van der Waals surface area contributed by atoms with Gasteiger partial charge in [0.15, 0.2) is 0 Å². The molecular weight excluding hydrogens is 1010 g/mol. The molecular formula is C44H28AgN4O12S4-. The van der Waals surface area contributed by atoms with Crippen molar-refractivity contribution in [2.75, 3.05) is 0 Å². The van der Waals surface area contributed by atoms with Crippen LogP contribution >= 0.6 is 0 Å². The Hall–Kier alpha value is -6.14. The van der Waals surface area contributed by atoms with Gasteiger partial charge in [-0.1, -0.05) is 72.8 Å². The van der Waals surface area contributed by atoms with E-state index in [4.69, 9.17) is 19.9 Å². The van der Waals surface area contributed by atoms with Crippen LogP contribution in [-0.2, 0) is 62.9 Å². The molecule has 4 N–H and O–H groups in total. The first-order chi connectivity index (χ1) is 30.2. The summed E-state index contributed by atoms with van der Waals surface area (Å²) in [5.41, 5.74) is 6.28. The van der Waals surface area contributed by atoms with Gasteiger partial charge < -0.3 is 9.97 Å². The van der Waals surface area contributed by atoms with Crippen LogP contribution in [0.3, 0.4) is 0 Å². The number of hydrogen-bond acceptors (Lipinski definition) is 10. The number of nitrogens with zero attached hydrogens (tertiary/aromatic N) is 4. The average Bonchev–Trinajstić information content (AvgIpc) is 4.08. The van der Waals surface area contributed by atoms with E-state index >= 15 is 0 Å². The van der Waals surface area contributed by atoms with Crippen molar-refractivity contribution in [3.63, 3.8) is 0 Å². The van der Waals surface area contributed by atoms with E-state index in [0.29, 0.717) is 89.4 Å². The summed E-state index contributed by atoms with van der Waals surface area (Å²) >= 11 is 0. The molecule has 7 aromatic rings. The van der Waals surface area contributed by atoms with E-state index in [0.717, 1.165) is 0 Å². The first kappa shape index (κ1) is 45.4. The molecule has 0 unspecified atom stereocenters. The molecule has 5 heterocycles. The van der Waals surface area contributed by atoms with Crippen LogP contribution < -0.4 is 9.97 Å². The van der Waals surface area contributed by atoms with Gasteiger partial charge >= 0.3 is 22.4 Å². The van der Waals surface area contributed by atoms with Crippen LogP contribution in [0.25, 0.3) is 90.9 Å². The van der Waals surface area contributed by atoms with E-state index in [9.17, 15) is 51.9 Å². The molecule has 2 aliphatic heterocycles. The first-order valence-electron chi connectivity index (χ1n) is 18.6. The summed E-state index contributed by atoms with van der Waals surface area (Å²) < 4.78 is 135. The molecule has 332 valence electrons. The minimum Gasteiger partial charge on any atom is -0.657 e. The van der Waals surface area contributed by atoms with Crippen molar-refractivity contribution >= 4 is 86.8 Å². The summed E-state index contributed by atoms with van der Waals surface area (Å²) in [6, 6.07) is 28.4. The topological polar surface area (TPSA) is 271 Å². The fourth-order valence-corrected chi connectivity index (χ4v) is 9.36. The van der Waals surface area contributed by atoms with Gasteiger partial charge in [-0.05, 0) is 117 Å². The van der Waals surface area contributed by atoms with E-state index < -0.39 is 40.5 Å². The van der Waals surface area contributed by atoms with Gasteiger partial charge in [-0.25, -0.2) is 9.97 Å². The number of fused-ring (bicyclic) bond motifs is 8. The number of rotatable bonds is 8. The maximum atomic E-state index is 12.0. The second-order valence-electron chi connectivity index (χ2n) is 14.4. The molecule has 65 heavy (non-hydrogen) atoms. The summed E-state index contributed by atoms with van der Waals surface area (Å²) in [6.45, 7) is 0. The van der Waals surface area contributed by atoms with Gasteiger partial charge in [-0.15, -0.1) is 22.1 Å². The number of benzene rings is 4. The summed E-state index contributed by atoms with van der Waals surface area (Å²) in [5.74, 6) is 0. The monoisotopic (exact) mass is 1040 g/mol. The zero-order valence-electron chi connectivity index (χ0n) is 32.6. The van der Waals surface area contributed by atoms with Gasteiger partial charge in [-0.2, -0.15) is 33.7 Å². The molecule has 9 rings (SSSR count). The van der Waals surface area contributed by atoms with E-state index in [1.807, 2.05) is 0 Å². The minimum absolute atomic E-state index is 0. The Morgan fingerprint density at radius 1 is 0.308 bits per heavy atom. The summed E-state index contributed by atoms with van der Waals surface area (Å²) in [6.07, 6.45) is 6.79. The van der Waals surface area contributed by atoms with Gasteiger partial charge in [0.25, 0.3) is 40.5 Å². The van der Waals surface area contributed by atoms with E-state index in [1.165, 1.54) is 97.1 Å². The van der Waals surface area contributed by atoms with Crippen molar-refractivity contribution in [3.05, 3.63) is 144 Å². The van der Waals surface area contributed by atoms with E-state index in [-0.39, 0.29) is 42.0 Å². The van der Waals surface area contributed by atoms with E-state index in [2.05, 4.69) is 0 Å². The Kier molecular flexibility index (Phi) is 11.7. The second-order valence-corrected chi connectivity index (χ2v) is 20.0. The van der Waals surface area contributed by atoms with E-state index in [1.54, 1.807) is 48.6 Å². The molecule has 16 nitrogen and oxygen atoms in total. The first-order valence-corrected chi connectivity index (χ1v) is 24.4. The van der Waals surface area contributed by atoms with Crippen molar-refractivity contribution < 1.29 is 74.3 Å². The number of hydrogen-bond donors (Lipinski definition) is 4. The predicted molar refractivity (Wildman–Crippen MR) is 238 cm³/mol. The van der Waals surface area contributed by atoms with Crippen LogP contribution in [0.2, 0.25) is 0 Å². The van der Waals surface area contributed by atoms with Crippen molar-refractivity contribution in [2.24, 2.45) is 0 Å². The summed E-state index contributed by atoms with van der Waals surface area (Å²) in [5, 5.41) is 0. The maximum absolute atomic E-state index is 12.0. The molecule has 0 atom stereocenters. The molecule has 4 aromatic carbocycles. The zero-order valence-corrected chi connectivity index (χ0v) is 37.4. The molecule has 0 aliphatic carbocycles. The molecule has 0 saturated carbocycles. The second kappa shape index (κ2) is 16.7. The molecule has 0 fully saturated rings. The van der Waals surface area contributed by atoms with Crippen molar-refractivity contribution in [3.8, 4) is 44.5 Å². The normalized spacial score (nSPS) is 12.9. The largest absolute Gasteiger partial charge is 1.00 e. The zero-order chi connectivity index (χ0) is 45.3. The standard InChI is InChI=1S/C44H28N4O12S4.Ag/c49-61(50,51)29-9-1-25(2-10-29)41-33-17-19-35(45-33)42(26-3-11-30(12-4-26)62(52,53)54)37-21-23-39(47-37)44(28-7-15-32(16-8-28)64(58,59)60)40-24-22-38(48-40)43(36-20-18-34(41)46-36)27-5-13-31(14-6-27)63(55,56)57;/h1-24H,(H,49,50,51)(H,52,53,54)(H,55,56,57)(H,58,59,60);/q-2;+1. The third kappa shape index (κ3) is 8.97. The van der Waals surface area contributed by atoms with Crippen LogP contribution in [0.15, 0.2) is 141 Å². The third-order valence-corrected chi connectivity index (χ3v) is 13.8. The molecule has 0 radical (unpaired) electrons. The third-order valence-electron chi connectivity index (χ3n) is 10.4. The van der Waals surface area contributed by atoms with Crippen LogP contribution in [0.5, 0.6) is 0 Å². The Morgan fingerprint density at radius 2 is 0.492 bits per heavy atom. The molecule has 21 heteroatoms. The fourth-order valence-electron chi connectivity index (χ4n) is 7.44. The predicted octanol–water partition coefficient (Wildman–Crippen LogP) is 7.57.